The first-order valence-corrected chi connectivity index (χ1v) is 10.8. The lowest BCUT2D eigenvalue weighted by Crippen LogP contribution is -2.13. The number of furan rings is 1. The number of hydrogen-bond donors (Lipinski definition) is 1. The standard InChI is InChI=1S/C25H24N6O3/c1-14-20-17(13-18(19-7-6-12-33-19)27-22(20)31(5)29-14)23(32)26-16-10-8-15(9-11-16)21-28-24(34-30-21)25(2,3)4/h6-13H,1-5H3,(H,26,32). The number of aromatic nitrogens is 5. The molecule has 9 heteroatoms. The molecule has 0 saturated carbocycles. The Hall–Kier alpha value is -4.27. The average molecular weight is 457 g/mol. The SMILES string of the molecule is Cc1nn(C)c2nc(-c3ccco3)cc(C(=O)Nc3ccc(-c4noc(C(C)(C)C)n4)cc3)c12. The van der Waals surface area contributed by atoms with Crippen LogP contribution in [-0.2, 0) is 12.5 Å². The number of aryl methyl sites for hydroxylation is 2. The second kappa shape index (κ2) is 7.95. The van der Waals surface area contributed by atoms with E-state index in [4.69, 9.17) is 8.94 Å². The van der Waals surface area contributed by atoms with E-state index >= 15 is 0 Å². The number of pyridine rings is 1. The Morgan fingerprint density at radius 2 is 1.85 bits per heavy atom. The maximum Gasteiger partial charge on any atom is 0.256 e. The molecule has 1 amide bonds. The van der Waals surface area contributed by atoms with E-state index in [1.807, 2.05) is 52.0 Å². The van der Waals surface area contributed by atoms with Crippen LogP contribution in [0.15, 0.2) is 57.7 Å². The number of benzene rings is 1. The van der Waals surface area contributed by atoms with Crippen LogP contribution in [-0.4, -0.2) is 30.8 Å². The van der Waals surface area contributed by atoms with E-state index in [1.54, 1.807) is 36.2 Å². The molecule has 4 aromatic heterocycles. The Balaban J connectivity index is 1.45. The minimum absolute atomic E-state index is 0.228. The third kappa shape index (κ3) is 3.85. The lowest BCUT2D eigenvalue weighted by atomic mass is 9.97. The monoisotopic (exact) mass is 456 g/mol. The van der Waals surface area contributed by atoms with Crippen molar-refractivity contribution in [2.45, 2.75) is 33.1 Å². The van der Waals surface area contributed by atoms with Gasteiger partial charge < -0.3 is 14.3 Å². The van der Waals surface area contributed by atoms with Crippen molar-refractivity contribution in [3.63, 3.8) is 0 Å². The van der Waals surface area contributed by atoms with Gasteiger partial charge in [0.05, 0.1) is 22.9 Å². The first kappa shape index (κ1) is 21.6. The lowest BCUT2D eigenvalue weighted by Gasteiger charge is -2.10. The third-order valence-electron chi connectivity index (χ3n) is 5.46. The Bertz CT molecular complexity index is 1490. The van der Waals surface area contributed by atoms with Gasteiger partial charge in [-0.2, -0.15) is 10.1 Å². The molecule has 5 aromatic rings. The van der Waals surface area contributed by atoms with Crippen molar-refractivity contribution in [3.05, 3.63) is 65.9 Å². The molecule has 5 rings (SSSR count). The number of hydrogen-bond acceptors (Lipinski definition) is 7. The summed E-state index contributed by atoms with van der Waals surface area (Å²) < 4.78 is 12.5. The molecule has 0 spiro atoms. The fourth-order valence-electron chi connectivity index (χ4n) is 3.72. The molecule has 1 aromatic carbocycles. The van der Waals surface area contributed by atoms with Gasteiger partial charge in [-0.3, -0.25) is 9.48 Å². The fourth-order valence-corrected chi connectivity index (χ4v) is 3.72. The van der Waals surface area contributed by atoms with Crippen LogP contribution < -0.4 is 5.32 Å². The van der Waals surface area contributed by atoms with Crippen molar-refractivity contribution in [2.24, 2.45) is 7.05 Å². The van der Waals surface area contributed by atoms with Crippen LogP contribution >= 0.6 is 0 Å². The molecule has 9 nitrogen and oxygen atoms in total. The molecule has 0 atom stereocenters. The number of nitrogens with zero attached hydrogens (tertiary/aromatic N) is 5. The molecule has 34 heavy (non-hydrogen) atoms. The van der Waals surface area contributed by atoms with Gasteiger partial charge in [-0.05, 0) is 49.4 Å². The molecule has 0 unspecified atom stereocenters. The van der Waals surface area contributed by atoms with Gasteiger partial charge >= 0.3 is 0 Å². The lowest BCUT2D eigenvalue weighted by molar-refractivity contribution is 0.102. The van der Waals surface area contributed by atoms with E-state index in [9.17, 15) is 4.79 Å². The van der Waals surface area contributed by atoms with Gasteiger partial charge in [-0.25, -0.2) is 4.98 Å². The Morgan fingerprint density at radius 3 is 2.50 bits per heavy atom. The van der Waals surface area contributed by atoms with E-state index in [2.05, 4.69) is 25.5 Å². The van der Waals surface area contributed by atoms with Crippen molar-refractivity contribution < 1.29 is 13.7 Å². The minimum atomic E-state index is -0.265. The van der Waals surface area contributed by atoms with Crippen LogP contribution in [0.25, 0.3) is 33.9 Å². The summed E-state index contributed by atoms with van der Waals surface area (Å²) in [6.45, 7) is 7.90. The Kier molecular flexibility index (Phi) is 5.04. The predicted octanol–water partition coefficient (Wildman–Crippen LogP) is 5.14. The zero-order chi connectivity index (χ0) is 24.0. The average Bonchev–Trinajstić information content (AvgIpc) is 3.55. The highest BCUT2D eigenvalue weighted by Crippen LogP contribution is 2.28. The summed E-state index contributed by atoms with van der Waals surface area (Å²) in [4.78, 5) is 22.5. The molecule has 0 aliphatic heterocycles. The van der Waals surface area contributed by atoms with Gasteiger partial charge in [0.15, 0.2) is 11.4 Å². The normalized spacial score (nSPS) is 11.8. The van der Waals surface area contributed by atoms with Gasteiger partial charge in [0.25, 0.3) is 5.91 Å². The topological polar surface area (TPSA) is 112 Å². The van der Waals surface area contributed by atoms with Gasteiger partial charge in [-0.15, -0.1) is 0 Å². The Morgan fingerprint density at radius 1 is 1.09 bits per heavy atom. The van der Waals surface area contributed by atoms with Crippen LogP contribution in [0.2, 0.25) is 0 Å². The number of rotatable bonds is 4. The largest absolute Gasteiger partial charge is 0.463 e. The van der Waals surface area contributed by atoms with Crippen molar-refractivity contribution in [2.75, 3.05) is 5.32 Å². The predicted molar refractivity (Wildman–Crippen MR) is 127 cm³/mol. The summed E-state index contributed by atoms with van der Waals surface area (Å²) in [6.07, 6.45) is 1.57. The molecular formula is C25H24N6O3. The Labute approximate surface area is 195 Å². The molecule has 172 valence electrons. The van der Waals surface area contributed by atoms with E-state index in [-0.39, 0.29) is 11.3 Å². The second-order valence-corrected chi connectivity index (χ2v) is 9.14. The molecule has 0 aliphatic carbocycles. The zero-order valence-electron chi connectivity index (χ0n) is 19.6. The van der Waals surface area contributed by atoms with Gasteiger partial charge in [0.1, 0.15) is 5.69 Å². The second-order valence-electron chi connectivity index (χ2n) is 9.14. The first-order valence-electron chi connectivity index (χ1n) is 10.8. The summed E-state index contributed by atoms with van der Waals surface area (Å²) in [6, 6.07) is 12.6. The van der Waals surface area contributed by atoms with Crippen LogP contribution in [0.4, 0.5) is 5.69 Å². The van der Waals surface area contributed by atoms with Crippen molar-refractivity contribution in [1.82, 2.24) is 24.9 Å². The molecule has 0 bridgehead atoms. The van der Waals surface area contributed by atoms with Gasteiger partial charge in [0.2, 0.25) is 11.7 Å². The smallest absolute Gasteiger partial charge is 0.256 e. The van der Waals surface area contributed by atoms with E-state index < -0.39 is 0 Å². The summed E-state index contributed by atoms with van der Waals surface area (Å²) in [7, 11) is 1.80. The molecule has 0 aliphatic rings. The quantitative estimate of drug-likeness (QED) is 0.399. The van der Waals surface area contributed by atoms with E-state index in [0.717, 1.165) is 11.3 Å². The molecule has 0 radical (unpaired) electrons. The highest BCUT2D eigenvalue weighted by atomic mass is 16.5. The van der Waals surface area contributed by atoms with Crippen molar-refractivity contribution in [1.29, 1.82) is 0 Å². The molecule has 0 fully saturated rings. The van der Waals surface area contributed by atoms with E-state index in [1.165, 1.54) is 0 Å². The van der Waals surface area contributed by atoms with E-state index in [0.29, 0.717) is 45.5 Å². The number of fused-ring (bicyclic) bond motifs is 1. The van der Waals surface area contributed by atoms with Crippen LogP contribution in [0.1, 0.15) is 42.7 Å². The number of carbonyl (C=O) groups excluding carboxylic acids is 1. The highest BCUT2D eigenvalue weighted by molar-refractivity contribution is 6.13. The van der Waals surface area contributed by atoms with Crippen LogP contribution in [0.5, 0.6) is 0 Å². The molecular weight excluding hydrogens is 432 g/mol. The summed E-state index contributed by atoms with van der Waals surface area (Å²) in [5.74, 6) is 1.39. The third-order valence-corrected chi connectivity index (χ3v) is 5.46. The summed E-state index contributed by atoms with van der Waals surface area (Å²) in [5, 5.41) is 12.2. The summed E-state index contributed by atoms with van der Waals surface area (Å²) in [5.41, 5.74) is 3.58. The maximum atomic E-state index is 13.3. The molecule has 1 N–H and O–H groups in total. The number of amides is 1. The maximum absolute atomic E-state index is 13.3. The van der Waals surface area contributed by atoms with Crippen molar-refractivity contribution in [3.8, 4) is 22.8 Å². The van der Waals surface area contributed by atoms with Crippen LogP contribution in [0, 0.1) is 6.92 Å². The molecule has 4 heterocycles. The van der Waals surface area contributed by atoms with Gasteiger partial charge in [-0.1, -0.05) is 25.9 Å². The van der Waals surface area contributed by atoms with Crippen LogP contribution in [0.3, 0.4) is 0 Å². The fraction of sp³-hybridized carbons (Fsp3) is 0.240. The van der Waals surface area contributed by atoms with Gasteiger partial charge in [0, 0.05) is 23.7 Å². The minimum Gasteiger partial charge on any atom is -0.463 e. The molecule has 0 saturated heterocycles. The van der Waals surface area contributed by atoms with Crippen molar-refractivity contribution >= 4 is 22.6 Å². The first-order chi connectivity index (χ1) is 16.2. The summed E-state index contributed by atoms with van der Waals surface area (Å²) >= 11 is 0. The zero-order valence-corrected chi connectivity index (χ0v) is 19.6. The number of nitrogens with one attached hydrogen (secondary N) is 1. The number of carbonyl (C=O) groups is 1. The highest BCUT2D eigenvalue weighted by Gasteiger charge is 2.23. The number of anilines is 1.